The molecular formula is C16H27Cl2N3O. The van der Waals surface area contributed by atoms with Crippen LogP contribution < -0.4 is 15.8 Å². The van der Waals surface area contributed by atoms with Crippen molar-refractivity contribution in [2.75, 3.05) is 13.2 Å². The smallest absolute Gasteiger partial charge is 0.125 e. The number of rotatable bonds is 6. The minimum atomic E-state index is 0. The van der Waals surface area contributed by atoms with Crippen LogP contribution in [0.3, 0.4) is 0 Å². The first kappa shape index (κ1) is 21.0. The van der Waals surface area contributed by atoms with E-state index in [1.165, 1.54) is 12.8 Å². The van der Waals surface area contributed by atoms with E-state index >= 15 is 0 Å². The van der Waals surface area contributed by atoms with Crippen molar-refractivity contribution in [3.05, 3.63) is 29.8 Å². The van der Waals surface area contributed by atoms with E-state index in [1.54, 1.807) is 0 Å². The topological polar surface area (TPSA) is 59.6 Å². The molecule has 3 N–H and O–H groups in total. The molecule has 1 saturated heterocycles. The molecule has 0 aliphatic carbocycles. The monoisotopic (exact) mass is 347 g/mol. The van der Waals surface area contributed by atoms with Crippen molar-refractivity contribution in [3.8, 4) is 5.75 Å². The van der Waals surface area contributed by atoms with Crippen molar-refractivity contribution in [3.63, 3.8) is 0 Å². The lowest BCUT2D eigenvalue weighted by Gasteiger charge is -2.16. The summed E-state index contributed by atoms with van der Waals surface area (Å²) < 4.78 is 5.56. The maximum absolute atomic E-state index is 6.10. The Labute approximate surface area is 145 Å². The first-order valence-electron chi connectivity index (χ1n) is 7.50. The molecule has 0 aromatic heterocycles. The molecule has 1 heterocycles. The fraction of sp³-hybridized carbons (Fsp3) is 0.562. The molecule has 0 spiro atoms. The van der Waals surface area contributed by atoms with Gasteiger partial charge in [-0.05, 0) is 57.0 Å². The molecule has 0 radical (unpaired) electrons. The number of benzene rings is 1. The molecule has 1 aliphatic rings. The summed E-state index contributed by atoms with van der Waals surface area (Å²) in [4.78, 5) is 4.61. The van der Waals surface area contributed by atoms with Crippen molar-refractivity contribution < 1.29 is 4.74 Å². The average Bonchev–Trinajstić information content (AvgIpc) is 3.00. The minimum Gasteiger partial charge on any atom is -0.494 e. The number of ether oxygens (including phenoxy) is 1. The van der Waals surface area contributed by atoms with Crippen molar-refractivity contribution in [1.82, 2.24) is 5.32 Å². The van der Waals surface area contributed by atoms with Crippen LogP contribution in [0.15, 0.2) is 29.3 Å². The van der Waals surface area contributed by atoms with Crippen molar-refractivity contribution >= 4 is 30.6 Å². The Morgan fingerprint density at radius 1 is 1.36 bits per heavy atom. The Balaban J connectivity index is 0.00000220. The average molecular weight is 348 g/mol. The molecule has 0 amide bonds. The van der Waals surface area contributed by atoms with Gasteiger partial charge >= 0.3 is 0 Å². The molecule has 1 aromatic rings. The predicted molar refractivity (Wildman–Crippen MR) is 97.9 cm³/mol. The maximum Gasteiger partial charge on any atom is 0.125 e. The van der Waals surface area contributed by atoms with E-state index in [-0.39, 0.29) is 30.9 Å². The van der Waals surface area contributed by atoms with Gasteiger partial charge in [0.1, 0.15) is 11.6 Å². The summed E-state index contributed by atoms with van der Waals surface area (Å²) in [6, 6.07) is 8.52. The van der Waals surface area contributed by atoms with Crippen LogP contribution in [0.5, 0.6) is 5.75 Å². The standard InChI is InChI=1S/C16H25N3O.2ClH/c1-3-11-20-14-8-6-13(7-9-14)16(17)19-12(2)15-5-4-10-18-15;;/h6-9,12,15,18H,3-5,10-11H2,1-2H3,(H2,17,19);2*1H. The number of halogens is 2. The summed E-state index contributed by atoms with van der Waals surface area (Å²) in [6.45, 7) is 6.05. The summed E-state index contributed by atoms with van der Waals surface area (Å²) in [5.74, 6) is 1.49. The molecule has 22 heavy (non-hydrogen) atoms. The van der Waals surface area contributed by atoms with E-state index in [1.807, 2.05) is 24.3 Å². The Kier molecular flexibility index (Phi) is 10.2. The SMILES string of the molecule is CCCOc1ccc(C(N)=NC(C)C2CCCN2)cc1.Cl.Cl. The van der Waals surface area contributed by atoms with Gasteiger partial charge in [0.15, 0.2) is 0 Å². The molecule has 0 bridgehead atoms. The molecule has 2 rings (SSSR count). The van der Waals surface area contributed by atoms with Gasteiger partial charge in [-0.3, -0.25) is 4.99 Å². The molecule has 2 atom stereocenters. The fourth-order valence-electron chi connectivity index (χ4n) is 2.45. The third-order valence-corrected chi connectivity index (χ3v) is 3.65. The van der Waals surface area contributed by atoms with Crippen LogP contribution >= 0.6 is 24.8 Å². The number of hydrogen-bond donors (Lipinski definition) is 2. The maximum atomic E-state index is 6.10. The van der Waals surface area contributed by atoms with E-state index in [0.717, 1.165) is 30.9 Å². The summed E-state index contributed by atoms with van der Waals surface area (Å²) in [5.41, 5.74) is 7.05. The quantitative estimate of drug-likeness (QED) is 0.613. The molecule has 6 heteroatoms. The van der Waals surface area contributed by atoms with Gasteiger partial charge in [-0.25, -0.2) is 0 Å². The lowest BCUT2D eigenvalue weighted by Crippen LogP contribution is -2.33. The molecule has 4 nitrogen and oxygen atoms in total. The van der Waals surface area contributed by atoms with Crippen molar-refractivity contribution in [2.24, 2.45) is 10.7 Å². The Bertz CT molecular complexity index is 445. The molecule has 0 saturated carbocycles. The first-order valence-corrected chi connectivity index (χ1v) is 7.50. The fourth-order valence-corrected chi connectivity index (χ4v) is 2.45. The van der Waals surface area contributed by atoms with E-state index in [0.29, 0.717) is 11.9 Å². The van der Waals surface area contributed by atoms with Crippen LogP contribution in [0.1, 0.15) is 38.7 Å². The number of hydrogen-bond acceptors (Lipinski definition) is 3. The van der Waals surface area contributed by atoms with E-state index in [9.17, 15) is 0 Å². The number of amidine groups is 1. The lowest BCUT2D eigenvalue weighted by atomic mass is 10.1. The second kappa shape index (κ2) is 10.7. The highest BCUT2D eigenvalue weighted by Crippen LogP contribution is 2.15. The van der Waals surface area contributed by atoms with Crippen molar-refractivity contribution in [2.45, 2.75) is 45.2 Å². The van der Waals surface area contributed by atoms with E-state index < -0.39 is 0 Å². The molecule has 126 valence electrons. The largest absolute Gasteiger partial charge is 0.494 e. The summed E-state index contributed by atoms with van der Waals surface area (Å²) >= 11 is 0. The number of aliphatic imine (C=N–C) groups is 1. The van der Waals surface area contributed by atoms with Gasteiger partial charge in [-0.1, -0.05) is 6.92 Å². The van der Waals surface area contributed by atoms with Gasteiger partial charge in [-0.15, -0.1) is 24.8 Å². The molecule has 2 unspecified atom stereocenters. The van der Waals surface area contributed by atoms with Gasteiger partial charge in [0.05, 0.1) is 12.6 Å². The van der Waals surface area contributed by atoms with E-state index in [2.05, 4.69) is 24.2 Å². The van der Waals surface area contributed by atoms with Crippen LogP contribution in [-0.4, -0.2) is 31.1 Å². The molecule has 1 aromatic carbocycles. The number of nitrogens with two attached hydrogens (primary N) is 1. The van der Waals surface area contributed by atoms with Crippen LogP contribution in [0.25, 0.3) is 0 Å². The third kappa shape index (κ3) is 6.03. The summed E-state index contributed by atoms with van der Waals surface area (Å²) in [7, 11) is 0. The Hall–Kier alpha value is -0.970. The van der Waals surface area contributed by atoms with Gasteiger partial charge in [-0.2, -0.15) is 0 Å². The predicted octanol–water partition coefficient (Wildman–Crippen LogP) is 3.16. The van der Waals surface area contributed by atoms with Gasteiger partial charge < -0.3 is 15.8 Å². The minimum absolute atomic E-state index is 0. The molecule has 1 fully saturated rings. The highest BCUT2D eigenvalue weighted by molar-refractivity contribution is 5.97. The third-order valence-electron chi connectivity index (χ3n) is 3.65. The van der Waals surface area contributed by atoms with Crippen LogP contribution in [-0.2, 0) is 0 Å². The van der Waals surface area contributed by atoms with Crippen molar-refractivity contribution in [1.29, 1.82) is 0 Å². The normalized spacial score (nSPS) is 19.0. The van der Waals surface area contributed by atoms with Crippen LogP contribution in [0.2, 0.25) is 0 Å². The molecule has 1 aliphatic heterocycles. The zero-order valence-electron chi connectivity index (χ0n) is 13.2. The summed E-state index contributed by atoms with van der Waals surface area (Å²) in [6.07, 6.45) is 3.42. The molecular weight excluding hydrogens is 321 g/mol. The van der Waals surface area contributed by atoms with Gasteiger partial charge in [0.2, 0.25) is 0 Å². The zero-order chi connectivity index (χ0) is 14.4. The number of nitrogens with zero attached hydrogens (tertiary/aromatic N) is 1. The first-order chi connectivity index (χ1) is 9.70. The van der Waals surface area contributed by atoms with Gasteiger partial charge in [0, 0.05) is 11.6 Å². The Morgan fingerprint density at radius 3 is 2.59 bits per heavy atom. The van der Waals surface area contributed by atoms with E-state index in [4.69, 9.17) is 10.5 Å². The highest BCUT2D eigenvalue weighted by Gasteiger charge is 2.20. The zero-order valence-corrected chi connectivity index (χ0v) is 14.9. The lowest BCUT2D eigenvalue weighted by molar-refractivity contribution is 0.317. The second-order valence-electron chi connectivity index (χ2n) is 5.33. The second-order valence-corrected chi connectivity index (χ2v) is 5.33. The number of nitrogens with one attached hydrogen (secondary N) is 1. The van der Waals surface area contributed by atoms with Crippen LogP contribution in [0, 0.1) is 0 Å². The van der Waals surface area contributed by atoms with Gasteiger partial charge in [0.25, 0.3) is 0 Å². The summed E-state index contributed by atoms with van der Waals surface area (Å²) in [5, 5.41) is 3.46. The Morgan fingerprint density at radius 2 is 2.05 bits per heavy atom. The highest BCUT2D eigenvalue weighted by atomic mass is 35.5. The van der Waals surface area contributed by atoms with Crippen LogP contribution in [0.4, 0.5) is 0 Å².